The Morgan fingerprint density at radius 1 is 1.17 bits per heavy atom. The van der Waals surface area contributed by atoms with Gasteiger partial charge in [0.25, 0.3) is 5.91 Å². The fourth-order valence-corrected chi connectivity index (χ4v) is 7.01. The molecule has 0 spiro atoms. The lowest BCUT2D eigenvalue weighted by Crippen LogP contribution is -2.69. The van der Waals surface area contributed by atoms with Crippen LogP contribution in [0.1, 0.15) is 44.4 Å². The number of piperidine rings is 1. The van der Waals surface area contributed by atoms with E-state index in [-0.39, 0.29) is 17.2 Å². The van der Waals surface area contributed by atoms with Gasteiger partial charge in [-0.15, -0.1) is 0 Å². The van der Waals surface area contributed by atoms with Gasteiger partial charge in [0.2, 0.25) is 5.91 Å². The number of amides is 2. The minimum absolute atomic E-state index is 0.0697. The molecule has 1 aromatic heterocycles. The smallest absolute Gasteiger partial charge is 0.268 e. The number of para-hydroxylation sites is 1. The zero-order valence-corrected chi connectivity index (χ0v) is 20.7. The standard InChI is InChI=1S/C27H35N5O3/c1-3-26-10-6-11-31-12-9-20-19-7-4-5-8-21(19)32(23(20)27(26,31)28)22(17-26)24(33)29-18(2)25(34)30-13-15-35-16-14-30/h4-5,7-8,17-18H,3,6,9-16,28H2,1-2H3,(H,29,33)/t18?,26-,27+/m0/s1. The van der Waals surface area contributed by atoms with Crippen LogP contribution in [0.2, 0.25) is 0 Å². The topological polar surface area (TPSA) is 92.8 Å². The average Bonchev–Trinajstić information content (AvgIpc) is 3.23. The lowest BCUT2D eigenvalue weighted by molar-refractivity contribution is -0.138. The van der Waals surface area contributed by atoms with Crippen molar-refractivity contribution in [3.8, 4) is 0 Å². The summed E-state index contributed by atoms with van der Waals surface area (Å²) < 4.78 is 7.47. The third-order valence-corrected chi connectivity index (χ3v) is 8.84. The van der Waals surface area contributed by atoms with E-state index in [1.807, 2.05) is 6.07 Å². The molecule has 4 aliphatic rings. The number of rotatable bonds is 4. The summed E-state index contributed by atoms with van der Waals surface area (Å²) in [4.78, 5) is 31.1. The summed E-state index contributed by atoms with van der Waals surface area (Å²) in [5.41, 5.74) is 10.4. The van der Waals surface area contributed by atoms with Crippen LogP contribution >= 0.6 is 0 Å². The Morgan fingerprint density at radius 2 is 1.94 bits per heavy atom. The van der Waals surface area contributed by atoms with Crippen molar-refractivity contribution < 1.29 is 14.3 Å². The molecule has 3 atom stereocenters. The van der Waals surface area contributed by atoms with Crippen LogP contribution in [-0.4, -0.2) is 71.6 Å². The molecule has 2 aromatic rings. The number of benzene rings is 1. The molecule has 6 rings (SSSR count). The third kappa shape index (κ3) is 3.09. The molecule has 186 valence electrons. The molecule has 2 amide bonds. The Kier molecular flexibility index (Phi) is 5.32. The van der Waals surface area contributed by atoms with Crippen LogP contribution in [-0.2, 0) is 26.4 Å². The van der Waals surface area contributed by atoms with E-state index in [2.05, 4.69) is 46.0 Å². The molecule has 2 saturated heterocycles. The Morgan fingerprint density at radius 3 is 2.71 bits per heavy atom. The molecule has 0 radical (unpaired) electrons. The Labute approximate surface area is 206 Å². The molecule has 2 fully saturated rings. The van der Waals surface area contributed by atoms with E-state index < -0.39 is 11.7 Å². The number of nitrogens with zero attached hydrogens (tertiary/aromatic N) is 3. The molecule has 8 nitrogen and oxygen atoms in total. The van der Waals surface area contributed by atoms with Crippen LogP contribution < -0.4 is 11.1 Å². The predicted octanol–water partition coefficient (Wildman–Crippen LogP) is 2.02. The monoisotopic (exact) mass is 477 g/mol. The van der Waals surface area contributed by atoms with Gasteiger partial charge >= 0.3 is 0 Å². The SMILES string of the molecule is CC[C@@]12C=C(C(=O)NC(C)C(=O)N3CCOCC3)n3c4c(c5ccccc53)CCN(CCC1)[C@]42N. The summed E-state index contributed by atoms with van der Waals surface area (Å²) in [7, 11) is 0. The first-order valence-electron chi connectivity index (χ1n) is 13.0. The molecular weight excluding hydrogens is 442 g/mol. The van der Waals surface area contributed by atoms with Gasteiger partial charge in [0.1, 0.15) is 17.4 Å². The van der Waals surface area contributed by atoms with Crippen molar-refractivity contribution in [3.05, 3.63) is 41.6 Å². The van der Waals surface area contributed by atoms with Gasteiger partial charge in [-0.3, -0.25) is 14.5 Å². The summed E-state index contributed by atoms with van der Waals surface area (Å²) in [6.45, 7) is 8.04. The number of morpholine rings is 1. The van der Waals surface area contributed by atoms with E-state index in [1.54, 1.807) is 11.8 Å². The van der Waals surface area contributed by atoms with Crippen LogP contribution in [0, 0.1) is 5.41 Å². The number of fused-ring (bicyclic) bond motifs is 3. The van der Waals surface area contributed by atoms with Gasteiger partial charge in [-0.2, -0.15) is 0 Å². The summed E-state index contributed by atoms with van der Waals surface area (Å²) in [6, 6.07) is 7.67. The van der Waals surface area contributed by atoms with Gasteiger partial charge in [0.05, 0.1) is 24.4 Å². The fourth-order valence-electron chi connectivity index (χ4n) is 7.01. The van der Waals surface area contributed by atoms with Crippen LogP contribution in [0.3, 0.4) is 0 Å². The first kappa shape index (κ1) is 22.8. The largest absolute Gasteiger partial charge is 0.378 e. The Balaban J connectivity index is 1.45. The molecule has 1 unspecified atom stereocenters. The van der Waals surface area contributed by atoms with E-state index in [0.717, 1.165) is 50.0 Å². The van der Waals surface area contributed by atoms with Crippen LogP contribution in [0.5, 0.6) is 0 Å². The van der Waals surface area contributed by atoms with E-state index in [4.69, 9.17) is 10.5 Å². The molecule has 1 aromatic carbocycles. The van der Waals surface area contributed by atoms with E-state index in [1.165, 1.54) is 10.9 Å². The highest BCUT2D eigenvalue weighted by atomic mass is 16.5. The second-order valence-electron chi connectivity index (χ2n) is 10.5. The first-order valence-corrected chi connectivity index (χ1v) is 13.0. The highest BCUT2D eigenvalue weighted by Crippen LogP contribution is 2.58. The fraction of sp³-hybridized carbons (Fsp3) is 0.556. The van der Waals surface area contributed by atoms with E-state index in [0.29, 0.717) is 32.0 Å². The number of carbonyl (C=O) groups excluding carboxylic acids is 2. The van der Waals surface area contributed by atoms with Gasteiger partial charge in [0.15, 0.2) is 0 Å². The van der Waals surface area contributed by atoms with Gasteiger partial charge in [0, 0.05) is 37.0 Å². The molecule has 0 aliphatic carbocycles. The lowest BCUT2D eigenvalue weighted by atomic mass is 9.62. The van der Waals surface area contributed by atoms with Crippen molar-refractivity contribution >= 4 is 28.4 Å². The quantitative estimate of drug-likeness (QED) is 0.703. The predicted molar refractivity (Wildman–Crippen MR) is 134 cm³/mol. The van der Waals surface area contributed by atoms with Crippen molar-refractivity contribution in [1.82, 2.24) is 19.7 Å². The summed E-state index contributed by atoms with van der Waals surface area (Å²) in [6.07, 6.45) is 5.90. The molecule has 3 N–H and O–H groups in total. The van der Waals surface area contributed by atoms with Gasteiger partial charge in [-0.25, -0.2) is 0 Å². The minimum Gasteiger partial charge on any atom is -0.378 e. The number of aromatic nitrogens is 1. The highest BCUT2D eigenvalue weighted by molar-refractivity contribution is 6.17. The zero-order chi connectivity index (χ0) is 24.4. The third-order valence-electron chi connectivity index (χ3n) is 8.84. The molecule has 35 heavy (non-hydrogen) atoms. The van der Waals surface area contributed by atoms with Crippen LogP contribution in [0.25, 0.3) is 16.6 Å². The first-order chi connectivity index (χ1) is 16.9. The van der Waals surface area contributed by atoms with Crippen molar-refractivity contribution in [2.45, 2.75) is 51.2 Å². The Hall–Kier alpha value is -2.68. The van der Waals surface area contributed by atoms with Gasteiger partial charge in [-0.05, 0) is 50.3 Å². The summed E-state index contributed by atoms with van der Waals surface area (Å²) in [5.74, 6) is -0.292. The number of nitrogens with one attached hydrogen (secondary N) is 1. The highest BCUT2D eigenvalue weighted by Gasteiger charge is 2.60. The second kappa shape index (κ2) is 8.18. The average molecular weight is 478 g/mol. The van der Waals surface area contributed by atoms with E-state index in [9.17, 15) is 9.59 Å². The normalized spacial score (nSPS) is 28.9. The van der Waals surface area contributed by atoms with Gasteiger partial charge < -0.3 is 25.3 Å². The number of hydrogen-bond donors (Lipinski definition) is 2. The second-order valence-corrected chi connectivity index (χ2v) is 10.5. The lowest BCUT2D eigenvalue weighted by Gasteiger charge is -2.60. The molecule has 0 saturated carbocycles. The van der Waals surface area contributed by atoms with Crippen LogP contribution in [0.4, 0.5) is 0 Å². The summed E-state index contributed by atoms with van der Waals surface area (Å²) >= 11 is 0. The number of carbonyl (C=O) groups is 2. The maximum Gasteiger partial charge on any atom is 0.268 e. The van der Waals surface area contributed by atoms with Crippen molar-refractivity contribution in [3.63, 3.8) is 0 Å². The maximum atomic E-state index is 13.9. The molecule has 0 bridgehead atoms. The Bertz CT molecular complexity index is 1230. The van der Waals surface area contributed by atoms with Crippen LogP contribution in [0.15, 0.2) is 30.3 Å². The molecule has 8 heteroatoms. The molecular formula is C27H35N5O3. The number of ether oxygens (including phenoxy) is 1. The van der Waals surface area contributed by atoms with Crippen molar-refractivity contribution in [2.75, 3.05) is 39.4 Å². The minimum atomic E-state index is -0.647. The number of hydrogen-bond acceptors (Lipinski definition) is 5. The van der Waals surface area contributed by atoms with Crippen molar-refractivity contribution in [2.24, 2.45) is 11.1 Å². The van der Waals surface area contributed by atoms with Gasteiger partial charge in [-0.1, -0.05) is 25.1 Å². The molecule has 4 aliphatic heterocycles. The van der Waals surface area contributed by atoms with Crippen molar-refractivity contribution in [1.29, 1.82) is 0 Å². The molecule has 5 heterocycles. The number of nitrogens with two attached hydrogens (primary N) is 1. The summed E-state index contributed by atoms with van der Waals surface area (Å²) in [5, 5.41) is 4.19. The van der Waals surface area contributed by atoms with E-state index >= 15 is 0 Å². The zero-order valence-electron chi connectivity index (χ0n) is 20.7. The maximum absolute atomic E-state index is 13.9.